The topological polar surface area (TPSA) is 191 Å². The van der Waals surface area contributed by atoms with Crippen LogP contribution in [-0.2, 0) is 20.2 Å². The Labute approximate surface area is 187 Å². The van der Waals surface area contributed by atoms with Gasteiger partial charge in [0.1, 0.15) is 17.3 Å². The van der Waals surface area contributed by atoms with Crippen LogP contribution in [0.4, 0.5) is 11.5 Å². The number of fused-ring (bicyclic) bond motifs is 1. The lowest BCUT2D eigenvalue weighted by atomic mass is 10.2. The van der Waals surface area contributed by atoms with Crippen LogP contribution in [0.15, 0.2) is 68.7 Å². The molecule has 0 saturated heterocycles. The second-order valence-corrected chi connectivity index (χ2v) is 9.71. The highest BCUT2D eigenvalue weighted by Crippen LogP contribution is 2.33. The number of nitrogens with one attached hydrogen (secondary N) is 1. The van der Waals surface area contributed by atoms with Gasteiger partial charge >= 0.3 is 0 Å². The number of azo groups is 1. The van der Waals surface area contributed by atoms with E-state index in [0.29, 0.717) is 17.4 Å². The third-order valence-electron chi connectivity index (χ3n) is 4.67. The molecule has 4 rings (SSSR count). The largest absolute Gasteiger partial charge is 0.357 e. The number of para-hydroxylation sites is 1. The summed E-state index contributed by atoms with van der Waals surface area (Å²) in [5, 5.41) is 22.5. The second-order valence-electron chi connectivity index (χ2n) is 6.86. The number of hydrogen-bond acceptors (Lipinski definition) is 8. The molecule has 0 atom stereocenters. The van der Waals surface area contributed by atoms with Crippen molar-refractivity contribution in [3.63, 3.8) is 0 Å². The van der Waals surface area contributed by atoms with Crippen molar-refractivity contribution in [2.45, 2.75) is 16.7 Å². The van der Waals surface area contributed by atoms with Crippen LogP contribution in [0.1, 0.15) is 11.3 Å². The van der Waals surface area contributed by atoms with Crippen LogP contribution in [0.5, 0.6) is 0 Å². The maximum absolute atomic E-state index is 11.6. The van der Waals surface area contributed by atoms with Gasteiger partial charge in [-0.1, -0.05) is 18.2 Å². The molecule has 2 aromatic carbocycles. The lowest BCUT2D eigenvalue weighted by molar-refractivity contribution is 0.481. The normalized spacial score (nSPS) is 12.4. The van der Waals surface area contributed by atoms with Crippen molar-refractivity contribution in [3.05, 3.63) is 59.9 Å². The summed E-state index contributed by atoms with van der Waals surface area (Å²) in [4.78, 5) is 1.53. The number of aryl methyl sites for hydroxylation is 1. The molecular weight excluding hydrogens is 472 g/mol. The fourth-order valence-electron chi connectivity index (χ4n) is 3.17. The lowest BCUT2D eigenvalue weighted by Gasteiger charge is -2.08. The monoisotopic (exact) mass is 486 g/mol. The summed E-state index contributed by atoms with van der Waals surface area (Å²) in [6.45, 7) is 1.78. The fourth-order valence-corrected chi connectivity index (χ4v) is 4.34. The molecule has 0 fully saturated rings. The number of H-pyrrole nitrogens is 1. The number of nitriles is 1. The van der Waals surface area contributed by atoms with Crippen LogP contribution in [0.3, 0.4) is 0 Å². The van der Waals surface area contributed by atoms with Gasteiger partial charge in [0.15, 0.2) is 5.82 Å². The van der Waals surface area contributed by atoms with Gasteiger partial charge in [-0.2, -0.15) is 27.2 Å². The van der Waals surface area contributed by atoms with Crippen molar-refractivity contribution in [3.8, 4) is 11.8 Å². The van der Waals surface area contributed by atoms with E-state index in [1.807, 2.05) is 30.3 Å². The zero-order valence-electron chi connectivity index (χ0n) is 16.7. The van der Waals surface area contributed by atoms with Gasteiger partial charge in [0, 0.05) is 16.6 Å². The Balaban J connectivity index is 1.92. The Kier molecular flexibility index (Phi) is 5.34. The van der Waals surface area contributed by atoms with E-state index in [1.165, 1.54) is 0 Å². The van der Waals surface area contributed by atoms with E-state index in [0.717, 1.165) is 33.9 Å². The van der Waals surface area contributed by atoms with Gasteiger partial charge in [0.05, 0.1) is 21.7 Å². The Hall–Kier alpha value is -3.90. The van der Waals surface area contributed by atoms with E-state index in [1.54, 1.807) is 6.92 Å². The first kappa shape index (κ1) is 22.3. The molecule has 33 heavy (non-hydrogen) atoms. The minimum Gasteiger partial charge on any atom is -0.357 e. The maximum Gasteiger partial charge on any atom is 0.294 e. The average molecular weight is 486 g/mol. The van der Waals surface area contributed by atoms with E-state index < -0.39 is 30.0 Å². The number of rotatable bonds is 5. The summed E-state index contributed by atoms with van der Waals surface area (Å²) in [5.74, 6) is -0.129. The quantitative estimate of drug-likeness (QED) is 0.282. The van der Waals surface area contributed by atoms with Crippen LogP contribution in [0, 0.1) is 18.3 Å². The molecule has 0 spiro atoms. The highest BCUT2D eigenvalue weighted by atomic mass is 32.2. The van der Waals surface area contributed by atoms with Crippen LogP contribution in [-0.4, -0.2) is 40.7 Å². The van der Waals surface area contributed by atoms with Gasteiger partial charge in [-0.3, -0.25) is 9.11 Å². The summed E-state index contributed by atoms with van der Waals surface area (Å²) in [6.07, 6.45) is 1.13. The number of benzene rings is 2. The molecule has 0 saturated carbocycles. The van der Waals surface area contributed by atoms with E-state index in [4.69, 9.17) is 0 Å². The van der Waals surface area contributed by atoms with Gasteiger partial charge in [0.25, 0.3) is 20.2 Å². The molecule has 0 bridgehead atoms. The van der Waals surface area contributed by atoms with Crippen molar-refractivity contribution in [2.75, 3.05) is 0 Å². The first-order valence-corrected chi connectivity index (χ1v) is 11.9. The smallest absolute Gasteiger partial charge is 0.294 e. The van der Waals surface area contributed by atoms with Crippen molar-refractivity contribution < 1.29 is 25.9 Å². The molecule has 4 aromatic rings. The summed E-state index contributed by atoms with van der Waals surface area (Å²) in [5.41, 5.74) is 1.77. The van der Waals surface area contributed by atoms with E-state index >= 15 is 0 Å². The first-order chi connectivity index (χ1) is 15.5. The number of hydrogen-bond donors (Lipinski definition) is 3. The zero-order valence-corrected chi connectivity index (χ0v) is 18.3. The zero-order chi connectivity index (χ0) is 24.0. The summed E-state index contributed by atoms with van der Waals surface area (Å²) >= 11 is 0. The highest BCUT2D eigenvalue weighted by Gasteiger charge is 2.21. The molecule has 3 N–H and O–H groups in total. The van der Waals surface area contributed by atoms with Gasteiger partial charge in [-0.05, 0) is 31.2 Å². The molecular formula is C19H14N6O6S2. The molecule has 0 aliphatic rings. The third kappa shape index (κ3) is 4.25. The molecule has 0 aliphatic heterocycles. The predicted octanol–water partition coefficient (Wildman–Crippen LogP) is 3.44. The Morgan fingerprint density at radius 1 is 1.03 bits per heavy atom. The maximum atomic E-state index is 11.6. The van der Waals surface area contributed by atoms with Crippen molar-refractivity contribution >= 4 is 42.6 Å². The van der Waals surface area contributed by atoms with Gasteiger partial charge < -0.3 is 4.98 Å². The number of aromatic amines is 1. The van der Waals surface area contributed by atoms with E-state index in [9.17, 15) is 31.2 Å². The van der Waals surface area contributed by atoms with Crippen LogP contribution < -0.4 is 0 Å². The summed E-state index contributed by atoms with van der Waals surface area (Å²) in [7, 11) is -9.69. The fraction of sp³-hybridized carbons (Fsp3) is 0.0526. The number of nitrogens with zero attached hydrogens (tertiary/aromatic N) is 5. The summed E-state index contributed by atoms with van der Waals surface area (Å²) in [6, 6.07) is 11.6. The van der Waals surface area contributed by atoms with E-state index in [2.05, 4.69) is 20.3 Å². The van der Waals surface area contributed by atoms with Gasteiger partial charge in [-0.15, -0.1) is 10.2 Å². The standard InChI is InChI=1S/C19H14N6O6S2/c1-11-18(16-4-2-3-5-17(16)22-11)23-24-19-12(9-20)10-21-25(19)13-6-14(32(26,27)28)8-15(7-13)33(29,30)31/h2-8,10,22H,1H3,(H,26,27,28)(H,29,30,31)/b24-23+. The molecule has 0 radical (unpaired) electrons. The third-order valence-corrected chi connectivity index (χ3v) is 6.34. The minimum atomic E-state index is -4.85. The van der Waals surface area contributed by atoms with Crippen LogP contribution in [0.25, 0.3) is 16.6 Å². The highest BCUT2D eigenvalue weighted by molar-refractivity contribution is 7.86. The van der Waals surface area contributed by atoms with E-state index in [-0.39, 0.29) is 17.1 Å². The minimum absolute atomic E-state index is 0.0399. The number of aromatic nitrogens is 3. The SMILES string of the molecule is Cc1[nH]c2ccccc2c1/N=N/c1c(C#N)cnn1-c1cc(S(=O)(=O)O)cc(S(=O)(=O)O)c1. The molecule has 0 amide bonds. The Morgan fingerprint density at radius 2 is 1.67 bits per heavy atom. The Morgan fingerprint density at radius 3 is 2.27 bits per heavy atom. The molecule has 0 unspecified atom stereocenters. The molecule has 2 heterocycles. The lowest BCUT2D eigenvalue weighted by Crippen LogP contribution is -2.06. The van der Waals surface area contributed by atoms with Gasteiger partial charge in [-0.25, -0.2) is 4.68 Å². The van der Waals surface area contributed by atoms with Gasteiger partial charge in [0.2, 0.25) is 0 Å². The van der Waals surface area contributed by atoms with Crippen molar-refractivity contribution in [1.29, 1.82) is 5.26 Å². The second kappa shape index (κ2) is 7.90. The molecule has 2 aromatic heterocycles. The van der Waals surface area contributed by atoms with Crippen molar-refractivity contribution in [2.24, 2.45) is 10.2 Å². The van der Waals surface area contributed by atoms with Crippen LogP contribution in [0.2, 0.25) is 0 Å². The first-order valence-electron chi connectivity index (χ1n) is 9.06. The average Bonchev–Trinajstić information content (AvgIpc) is 3.30. The summed E-state index contributed by atoms with van der Waals surface area (Å²) < 4.78 is 66.3. The van der Waals surface area contributed by atoms with Crippen LogP contribution >= 0.6 is 0 Å². The van der Waals surface area contributed by atoms with Crippen molar-refractivity contribution in [1.82, 2.24) is 14.8 Å². The molecule has 12 nitrogen and oxygen atoms in total. The molecule has 14 heteroatoms. The predicted molar refractivity (Wildman–Crippen MR) is 115 cm³/mol. The molecule has 168 valence electrons. The molecule has 0 aliphatic carbocycles. The Bertz CT molecular complexity index is 1640.